The van der Waals surface area contributed by atoms with E-state index in [9.17, 15) is 23.2 Å². The van der Waals surface area contributed by atoms with Gasteiger partial charge in [0.25, 0.3) is 5.91 Å². The van der Waals surface area contributed by atoms with Crippen molar-refractivity contribution in [2.24, 2.45) is 10.9 Å². The van der Waals surface area contributed by atoms with Gasteiger partial charge in [-0.15, -0.1) is 0 Å². The number of amides is 3. The van der Waals surface area contributed by atoms with E-state index in [-0.39, 0.29) is 35.7 Å². The molecule has 4 aliphatic heterocycles. The maximum atomic E-state index is 14.8. The highest BCUT2D eigenvalue weighted by molar-refractivity contribution is 8.18. The summed E-state index contributed by atoms with van der Waals surface area (Å²) in [6.45, 7) is 12.8. The van der Waals surface area contributed by atoms with Crippen molar-refractivity contribution in [2.75, 3.05) is 19.6 Å². The molecular formula is C36H42ClF2N5O3S. The minimum Gasteiger partial charge on any atom is -0.337 e. The second-order valence-corrected chi connectivity index (χ2v) is 15.1. The molecule has 12 heteroatoms. The molecule has 0 radical (unpaired) electrons. The van der Waals surface area contributed by atoms with Gasteiger partial charge >= 0.3 is 0 Å². The van der Waals surface area contributed by atoms with Crippen molar-refractivity contribution in [3.63, 3.8) is 0 Å². The van der Waals surface area contributed by atoms with E-state index in [1.165, 1.54) is 17.8 Å². The first-order chi connectivity index (χ1) is 22.8. The molecule has 0 saturated carbocycles. The molecule has 2 aromatic carbocycles. The maximum absolute atomic E-state index is 14.8. The third-order valence-electron chi connectivity index (χ3n) is 10.3. The van der Waals surface area contributed by atoms with Gasteiger partial charge in [0.1, 0.15) is 16.5 Å². The van der Waals surface area contributed by atoms with Crippen LogP contribution in [0.3, 0.4) is 0 Å². The predicted molar refractivity (Wildman–Crippen MR) is 184 cm³/mol. The Morgan fingerprint density at radius 2 is 1.77 bits per heavy atom. The first-order valence-electron chi connectivity index (χ1n) is 16.7. The summed E-state index contributed by atoms with van der Waals surface area (Å²) in [7, 11) is 0. The number of nitrogens with zero attached hydrogens (tertiary/aromatic N) is 5. The van der Waals surface area contributed by atoms with Gasteiger partial charge in [0.2, 0.25) is 11.8 Å². The number of fused-ring (bicyclic) bond motifs is 1. The molecule has 3 amide bonds. The molecule has 256 valence electrons. The van der Waals surface area contributed by atoms with Crippen LogP contribution in [0.1, 0.15) is 78.0 Å². The zero-order valence-electron chi connectivity index (χ0n) is 28.2. The number of carbonyl (C=O) groups is 3. The van der Waals surface area contributed by atoms with Crippen molar-refractivity contribution in [1.29, 1.82) is 0 Å². The lowest BCUT2D eigenvalue weighted by Crippen LogP contribution is -2.58. The first kappa shape index (κ1) is 34.4. The van der Waals surface area contributed by atoms with E-state index in [0.29, 0.717) is 53.1 Å². The Morgan fingerprint density at radius 1 is 1.06 bits per heavy atom. The van der Waals surface area contributed by atoms with Crippen LogP contribution in [0.15, 0.2) is 58.1 Å². The van der Waals surface area contributed by atoms with Crippen LogP contribution >= 0.6 is 23.4 Å². The molecule has 4 heterocycles. The van der Waals surface area contributed by atoms with Crippen LogP contribution in [-0.4, -0.2) is 80.2 Å². The molecule has 8 nitrogen and oxygen atoms in total. The van der Waals surface area contributed by atoms with Crippen molar-refractivity contribution >= 4 is 46.3 Å². The van der Waals surface area contributed by atoms with Gasteiger partial charge in [0.05, 0.1) is 6.04 Å². The molecule has 2 fully saturated rings. The fourth-order valence-corrected chi connectivity index (χ4v) is 9.35. The number of rotatable bonds is 6. The number of hydrogen-bond acceptors (Lipinski definition) is 6. The number of amidine groups is 1. The molecule has 0 spiro atoms. The van der Waals surface area contributed by atoms with Gasteiger partial charge in [0.15, 0.2) is 16.8 Å². The van der Waals surface area contributed by atoms with Gasteiger partial charge in [-0.25, -0.2) is 13.8 Å². The minimum absolute atomic E-state index is 0.00856. The lowest BCUT2D eigenvalue weighted by molar-refractivity contribution is -0.147. The summed E-state index contributed by atoms with van der Waals surface area (Å²) in [5.41, 5.74) is 1.13. The van der Waals surface area contributed by atoms with E-state index >= 15 is 0 Å². The highest BCUT2D eigenvalue weighted by atomic mass is 35.5. The van der Waals surface area contributed by atoms with Crippen LogP contribution in [0.25, 0.3) is 0 Å². The van der Waals surface area contributed by atoms with Crippen LogP contribution in [-0.2, 0) is 19.9 Å². The smallest absolute Gasteiger partial charge is 0.263 e. The van der Waals surface area contributed by atoms with E-state index in [0.717, 1.165) is 23.7 Å². The Kier molecular flexibility index (Phi) is 9.41. The maximum Gasteiger partial charge on any atom is 0.263 e. The monoisotopic (exact) mass is 697 g/mol. The second kappa shape index (κ2) is 13.1. The number of halogens is 3. The summed E-state index contributed by atoms with van der Waals surface area (Å²) < 4.78 is 28.7. The molecular weight excluding hydrogens is 656 g/mol. The zero-order chi connectivity index (χ0) is 34.7. The van der Waals surface area contributed by atoms with Crippen LogP contribution in [0, 0.1) is 17.6 Å². The number of aliphatic imine (C=N–C) groups is 1. The predicted octanol–water partition coefficient (Wildman–Crippen LogP) is 6.71. The number of hydrogen-bond donors (Lipinski definition) is 0. The fraction of sp³-hybridized carbons (Fsp3) is 0.500. The fourth-order valence-electron chi connectivity index (χ4n) is 7.88. The Morgan fingerprint density at radius 3 is 2.38 bits per heavy atom. The summed E-state index contributed by atoms with van der Waals surface area (Å²) >= 11 is 7.56. The molecule has 0 aromatic heterocycles. The van der Waals surface area contributed by atoms with E-state index in [1.807, 2.05) is 46.8 Å². The van der Waals surface area contributed by atoms with Gasteiger partial charge in [0, 0.05) is 49.4 Å². The SMILES string of the molecule is CC[C@@H]1CC[C@@H](C(=O)N2CCN(C(C)=O)[C@H](C)C2)N1C(=O)C1=C(C(C)C)N2C(=N[C@@](C)(c3ccc(F)c(F)c3)[C@H]2c2ccc(Cl)cc2)S1. The molecule has 2 saturated heterocycles. The van der Waals surface area contributed by atoms with Crippen LogP contribution in [0.2, 0.25) is 5.02 Å². The number of piperazine rings is 1. The molecule has 0 N–H and O–H groups in total. The standard InChI is InChI=1S/C36H42ClF2N5O3S/c1-7-26-13-15-29(33(46)41-16-17-42(22(5)45)21(4)19-41)43(26)34(47)31-30(20(2)3)44-32(23-8-11-25(37)12-9-23)36(6,40-35(44)48-31)24-10-14-27(38)28(39)18-24/h8-12,14,18,20-21,26,29,32H,7,13,15-17,19H2,1-6H3/t21-,26-,29+,32-,36+/m1/s1. The van der Waals surface area contributed by atoms with Gasteiger partial charge in [-0.3, -0.25) is 14.4 Å². The lowest BCUT2D eigenvalue weighted by Gasteiger charge is -2.41. The Hall–Kier alpha value is -3.44. The highest BCUT2D eigenvalue weighted by Crippen LogP contribution is 2.56. The zero-order valence-corrected chi connectivity index (χ0v) is 29.7. The van der Waals surface area contributed by atoms with Crippen LogP contribution < -0.4 is 0 Å². The Labute approximate surface area is 290 Å². The Balaban J connectivity index is 1.38. The summed E-state index contributed by atoms with van der Waals surface area (Å²) in [5, 5.41) is 1.16. The van der Waals surface area contributed by atoms with Gasteiger partial charge in [-0.2, -0.15) is 0 Å². The molecule has 0 aliphatic carbocycles. The largest absolute Gasteiger partial charge is 0.337 e. The lowest BCUT2D eigenvalue weighted by atomic mass is 9.81. The summed E-state index contributed by atoms with van der Waals surface area (Å²) in [5.74, 6) is -2.27. The summed E-state index contributed by atoms with van der Waals surface area (Å²) in [6, 6.07) is 9.98. The number of thioether (sulfide) groups is 1. The number of likely N-dealkylation sites (tertiary alicyclic amines) is 1. The number of allylic oxidation sites excluding steroid dienone is 1. The van der Waals surface area contributed by atoms with Gasteiger partial charge < -0.3 is 19.6 Å². The van der Waals surface area contributed by atoms with Crippen molar-refractivity contribution < 1.29 is 23.2 Å². The average molecular weight is 698 g/mol. The van der Waals surface area contributed by atoms with Crippen molar-refractivity contribution in [3.05, 3.63) is 80.9 Å². The third kappa shape index (κ3) is 5.80. The molecule has 4 aliphatic rings. The minimum atomic E-state index is -1.02. The molecule has 5 atom stereocenters. The van der Waals surface area contributed by atoms with Crippen molar-refractivity contribution in [3.8, 4) is 0 Å². The number of benzene rings is 2. The van der Waals surface area contributed by atoms with E-state index in [4.69, 9.17) is 16.6 Å². The van der Waals surface area contributed by atoms with E-state index in [1.54, 1.807) is 39.8 Å². The average Bonchev–Trinajstić information content (AvgIpc) is 3.72. The van der Waals surface area contributed by atoms with Gasteiger partial charge in [-0.05, 0) is 86.2 Å². The molecule has 2 aromatic rings. The molecule has 48 heavy (non-hydrogen) atoms. The second-order valence-electron chi connectivity index (χ2n) is 13.7. The van der Waals surface area contributed by atoms with E-state index < -0.39 is 29.3 Å². The quantitative estimate of drug-likeness (QED) is 0.336. The molecule has 0 bridgehead atoms. The first-order valence-corrected chi connectivity index (χ1v) is 17.9. The number of carbonyl (C=O) groups excluding carboxylic acids is 3. The molecule has 6 rings (SSSR count). The van der Waals surface area contributed by atoms with Crippen LogP contribution in [0.5, 0.6) is 0 Å². The Bertz CT molecular complexity index is 1700. The summed E-state index contributed by atoms with van der Waals surface area (Å²) in [4.78, 5) is 54.1. The highest BCUT2D eigenvalue weighted by Gasteiger charge is 2.55. The normalized spacial score (nSPS) is 27.2. The topological polar surface area (TPSA) is 76.5 Å². The molecule has 0 unspecified atom stereocenters. The van der Waals surface area contributed by atoms with E-state index in [2.05, 4.69) is 4.90 Å². The van der Waals surface area contributed by atoms with Crippen LogP contribution in [0.4, 0.5) is 8.78 Å². The van der Waals surface area contributed by atoms with Crippen molar-refractivity contribution in [2.45, 2.75) is 90.5 Å². The summed E-state index contributed by atoms with van der Waals surface area (Å²) in [6.07, 6.45) is 2.01. The van der Waals surface area contributed by atoms with Crippen molar-refractivity contribution in [1.82, 2.24) is 19.6 Å². The van der Waals surface area contributed by atoms with Gasteiger partial charge in [-0.1, -0.05) is 50.6 Å². The third-order valence-corrected chi connectivity index (χ3v) is 11.6.